The highest BCUT2D eigenvalue weighted by molar-refractivity contribution is 5.74. The summed E-state index contributed by atoms with van der Waals surface area (Å²) >= 11 is 0. The molecule has 1 atom stereocenters. The maximum absolute atomic E-state index is 12.1. The van der Waals surface area contributed by atoms with Gasteiger partial charge in [-0.1, -0.05) is 39.0 Å². The molecule has 1 unspecified atom stereocenters. The summed E-state index contributed by atoms with van der Waals surface area (Å²) < 4.78 is 5.82. The Bertz CT molecular complexity index is 488. The summed E-state index contributed by atoms with van der Waals surface area (Å²) in [6.45, 7) is 9.28. The Morgan fingerprint density at radius 2 is 2.18 bits per heavy atom. The quantitative estimate of drug-likeness (QED) is 0.844. The van der Waals surface area contributed by atoms with Gasteiger partial charge in [0.1, 0.15) is 12.4 Å². The van der Waals surface area contributed by atoms with Crippen LogP contribution in [0.2, 0.25) is 0 Å². The van der Waals surface area contributed by atoms with Crippen LogP contribution in [0, 0.1) is 5.92 Å². The first-order valence-corrected chi connectivity index (χ1v) is 8.32. The first kappa shape index (κ1) is 16.7. The largest absolute Gasteiger partial charge is 0.491 e. The SMILES string of the molecule is CC1CCCN(C(=O)NCCOc2ccccc2C(C)C)C1. The molecule has 4 heteroatoms. The van der Waals surface area contributed by atoms with Gasteiger partial charge in [0.15, 0.2) is 0 Å². The van der Waals surface area contributed by atoms with Crippen LogP contribution in [0.25, 0.3) is 0 Å². The van der Waals surface area contributed by atoms with Crippen LogP contribution in [0.4, 0.5) is 4.79 Å². The molecular formula is C18H28N2O2. The number of carbonyl (C=O) groups excluding carboxylic acids is 1. The van der Waals surface area contributed by atoms with E-state index in [9.17, 15) is 4.79 Å². The molecule has 1 aliphatic heterocycles. The molecule has 0 aliphatic carbocycles. The molecule has 0 aromatic heterocycles. The van der Waals surface area contributed by atoms with Gasteiger partial charge >= 0.3 is 6.03 Å². The first-order chi connectivity index (χ1) is 10.6. The highest BCUT2D eigenvalue weighted by Crippen LogP contribution is 2.25. The lowest BCUT2D eigenvalue weighted by atomic mass is 10.0. The number of ether oxygens (including phenoxy) is 1. The molecule has 0 spiro atoms. The fourth-order valence-corrected chi connectivity index (χ4v) is 2.89. The van der Waals surface area contributed by atoms with Crippen LogP contribution in [0.5, 0.6) is 5.75 Å². The van der Waals surface area contributed by atoms with Gasteiger partial charge in [0.25, 0.3) is 0 Å². The minimum absolute atomic E-state index is 0.0345. The van der Waals surface area contributed by atoms with Gasteiger partial charge < -0.3 is 15.0 Å². The fraction of sp³-hybridized carbons (Fsp3) is 0.611. The van der Waals surface area contributed by atoms with Crippen molar-refractivity contribution in [3.63, 3.8) is 0 Å². The minimum atomic E-state index is 0.0345. The molecule has 1 aromatic carbocycles. The van der Waals surface area contributed by atoms with Crippen LogP contribution in [-0.4, -0.2) is 37.2 Å². The van der Waals surface area contributed by atoms with E-state index in [1.54, 1.807) is 0 Å². The predicted molar refractivity (Wildman–Crippen MR) is 89.4 cm³/mol. The molecule has 122 valence electrons. The molecule has 4 nitrogen and oxygen atoms in total. The lowest BCUT2D eigenvalue weighted by Crippen LogP contribution is -2.45. The summed E-state index contributed by atoms with van der Waals surface area (Å²) in [5.41, 5.74) is 1.21. The summed E-state index contributed by atoms with van der Waals surface area (Å²) in [5.74, 6) is 1.95. The van der Waals surface area contributed by atoms with Crippen molar-refractivity contribution < 1.29 is 9.53 Å². The maximum atomic E-state index is 12.1. The number of hydrogen-bond acceptors (Lipinski definition) is 2. The molecule has 1 aliphatic rings. The van der Waals surface area contributed by atoms with Gasteiger partial charge in [-0.3, -0.25) is 0 Å². The van der Waals surface area contributed by atoms with Gasteiger partial charge in [0.2, 0.25) is 0 Å². The summed E-state index contributed by atoms with van der Waals surface area (Å²) in [4.78, 5) is 14.0. The van der Waals surface area contributed by atoms with E-state index in [0.29, 0.717) is 25.0 Å². The second-order valence-corrected chi connectivity index (χ2v) is 6.47. The lowest BCUT2D eigenvalue weighted by Gasteiger charge is -2.30. The van der Waals surface area contributed by atoms with Gasteiger partial charge in [0, 0.05) is 13.1 Å². The molecule has 1 N–H and O–H groups in total. The first-order valence-electron chi connectivity index (χ1n) is 8.32. The van der Waals surface area contributed by atoms with Crippen molar-refractivity contribution in [2.24, 2.45) is 5.92 Å². The number of nitrogens with one attached hydrogen (secondary N) is 1. The number of likely N-dealkylation sites (tertiary alicyclic amines) is 1. The Labute approximate surface area is 133 Å². The minimum Gasteiger partial charge on any atom is -0.491 e. The third-order valence-electron chi connectivity index (χ3n) is 4.12. The van der Waals surface area contributed by atoms with Gasteiger partial charge in [0.05, 0.1) is 6.54 Å². The molecule has 1 heterocycles. The summed E-state index contributed by atoms with van der Waals surface area (Å²) in [5, 5.41) is 2.95. The van der Waals surface area contributed by atoms with Crippen molar-refractivity contribution in [2.75, 3.05) is 26.2 Å². The number of benzene rings is 1. The number of urea groups is 1. The standard InChI is InChI=1S/C18H28N2O2/c1-14(2)16-8-4-5-9-17(16)22-12-10-19-18(21)20-11-6-7-15(3)13-20/h4-5,8-9,14-15H,6-7,10-13H2,1-3H3,(H,19,21). The monoisotopic (exact) mass is 304 g/mol. The summed E-state index contributed by atoms with van der Waals surface area (Å²) in [6.07, 6.45) is 2.33. The number of piperidine rings is 1. The van der Waals surface area contributed by atoms with E-state index in [4.69, 9.17) is 4.74 Å². The third kappa shape index (κ3) is 4.65. The van der Waals surface area contributed by atoms with Crippen LogP contribution in [0.3, 0.4) is 0 Å². The highest BCUT2D eigenvalue weighted by Gasteiger charge is 2.20. The van der Waals surface area contributed by atoms with Gasteiger partial charge in [-0.05, 0) is 36.3 Å². The van der Waals surface area contributed by atoms with Gasteiger partial charge in [-0.25, -0.2) is 4.79 Å². The van der Waals surface area contributed by atoms with E-state index in [0.717, 1.165) is 25.3 Å². The topological polar surface area (TPSA) is 41.6 Å². The molecule has 0 radical (unpaired) electrons. The van der Waals surface area contributed by atoms with Crippen LogP contribution in [-0.2, 0) is 0 Å². The number of hydrogen-bond donors (Lipinski definition) is 1. The Hall–Kier alpha value is -1.71. The zero-order valence-corrected chi connectivity index (χ0v) is 14.0. The number of carbonyl (C=O) groups is 1. The van der Waals surface area contributed by atoms with Crippen LogP contribution >= 0.6 is 0 Å². The van der Waals surface area contributed by atoms with Crippen molar-refractivity contribution in [2.45, 2.75) is 39.5 Å². The third-order valence-corrected chi connectivity index (χ3v) is 4.12. The van der Waals surface area contributed by atoms with Crippen LogP contribution in [0.15, 0.2) is 24.3 Å². The molecular weight excluding hydrogens is 276 g/mol. The molecule has 22 heavy (non-hydrogen) atoms. The zero-order chi connectivity index (χ0) is 15.9. The molecule has 1 fully saturated rings. The van der Waals surface area contributed by atoms with Crippen molar-refractivity contribution in [3.8, 4) is 5.75 Å². The molecule has 2 rings (SSSR count). The molecule has 1 saturated heterocycles. The van der Waals surface area contributed by atoms with Crippen molar-refractivity contribution in [3.05, 3.63) is 29.8 Å². The van der Waals surface area contributed by atoms with E-state index >= 15 is 0 Å². The van der Waals surface area contributed by atoms with Crippen molar-refractivity contribution in [1.82, 2.24) is 10.2 Å². The van der Waals surface area contributed by atoms with Crippen molar-refractivity contribution in [1.29, 1.82) is 0 Å². The smallest absolute Gasteiger partial charge is 0.317 e. The summed E-state index contributed by atoms with van der Waals surface area (Å²) in [6, 6.07) is 8.13. The number of rotatable bonds is 5. The van der Waals surface area contributed by atoms with E-state index < -0.39 is 0 Å². The normalized spacial score (nSPS) is 18.4. The van der Waals surface area contributed by atoms with E-state index in [-0.39, 0.29) is 6.03 Å². The number of amides is 2. The fourth-order valence-electron chi connectivity index (χ4n) is 2.89. The Kier molecular flexibility index (Phi) is 6.10. The van der Waals surface area contributed by atoms with Crippen LogP contribution in [0.1, 0.15) is 45.1 Å². The van der Waals surface area contributed by atoms with Gasteiger partial charge in [-0.2, -0.15) is 0 Å². The van der Waals surface area contributed by atoms with Crippen LogP contribution < -0.4 is 10.1 Å². The Morgan fingerprint density at radius 1 is 1.41 bits per heavy atom. The Balaban J connectivity index is 1.74. The number of nitrogens with zero attached hydrogens (tertiary/aromatic N) is 1. The lowest BCUT2D eigenvalue weighted by molar-refractivity contribution is 0.167. The van der Waals surface area contributed by atoms with Crippen molar-refractivity contribution >= 4 is 6.03 Å². The summed E-state index contributed by atoms with van der Waals surface area (Å²) in [7, 11) is 0. The molecule has 1 aromatic rings. The molecule has 0 bridgehead atoms. The molecule has 0 saturated carbocycles. The van der Waals surface area contributed by atoms with Gasteiger partial charge in [-0.15, -0.1) is 0 Å². The highest BCUT2D eigenvalue weighted by atomic mass is 16.5. The average molecular weight is 304 g/mol. The average Bonchev–Trinajstić information content (AvgIpc) is 2.51. The van der Waals surface area contributed by atoms with E-state index in [2.05, 4.69) is 32.2 Å². The second kappa shape index (κ2) is 8.06. The zero-order valence-electron chi connectivity index (χ0n) is 14.0. The molecule has 2 amide bonds. The van der Waals surface area contributed by atoms with E-state index in [1.807, 2.05) is 23.1 Å². The Morgan fingerprint density at radius 3 is 2.91 bits per heavy atom. The van der Waals surface area contributed by atoms with E-state index in [1.165, 1.54) is 12.0 Å². The second-order valence-electron chi connectivity index (χ2n) is 6.47. The number of para-hydroxylation sites is 1. The maximum Gasteiger partial charge on any atom is 0.317 e. The predicted octanol–water partition coefficient (Wildman–Crippen LogP) is 3.63.